The van der Waals surface area contributed by atoms with Gasteiger partial charge in [0.15, 0.2) is 0 Å². The Bertz CT molecular complexity index is 176. The van der Waals surface area contributed by atoms with Gasteiger partial charge in [0.1, 0.15) is 0 Å². The summed E-state index contributed by atoms with van der Waals surface area (Å²) >= 11 is 0. The monoisotopic (exact) mass is 192 g/mol. The molecule has 0 spiro atoms. The van der Waals surface area contributed by atoms with Gasteiger partial charge in [-0.1, -0.05) is 20.8 Å². The maximum absolute atomic E-state index is 11.1. The lowest BCUT2D eigenvalue weighted by atomic mass is 9.92. The van der Waals surface area contributed by atoms with E-state index in [1.807, 2.05) is 7.05 Å². The number of likely N-dealkylation sites (N-methyl/N-ethyl adjacent to an activating group) is 1. The number of nitrogens with zero attached hydrogens (tertiary/aromatic N) is 1. The number of carbonyl (C=O) groups excluding carboxylic acids is 1. The Hall–Kier alpha value is -0.280. The molecule has 1 heterocycles. The molecular weight excluding hydrogens is 176 g/mol. The standard InChI is InChI=1S/C8H16N2O.ClH/c1-8(2,3)7-9-5-6(11)10(7)4;/h7,9H,5H2,1-4H3;1H/t7-;/m1./s1. The molecule has 1 atom stereocenters. The first-order valence-corrected chi connectivity index (χ1v) is 3.92. The predicted octanol–water partition coefficient (Wildman–Crippen LogP) is 0.842. The minimum atomic E-state index is 0. The molecule has 0 aliphatic carbocycles. The molecule has 0 bridgehead atoms. The van der Waals surface area contributed by atoms with Crippen LogP contribution in [0, 0.1) is 5.41 Å². The highest BCUT2D eigenvalue weighted by Crippen LogP contribution is 2.23. The van der Waals surface area contributed by atoms with Crippen LogP contribution in [-0.4, -0.2) is 30.6 Å². The van der Waals surface area contributed by atoms with Crippen molar-refractivity contribution in [2.45, 2.75) is 26.9 Å². The number of hydrogen-bond donors (Lipinski definition) is 1. The zero-order valence-corrected chi connectivity index (χ0v) is 8.86. The second-order valence-electron chi connectivity index (χ2n) is 4.15. The van der Waals surface area contributed by atoms with Gasteiger partial charge in [-0.05, 0) is 5.41 Å². The topological polar surface area (TPSA) is 32.3 Å². The molecular formula is C8H17ClN2O. The van der Waals surface area contributed by atoms with Crippen LogP contribution in [0.3, 0.4) is 0 Å². The molecule has 0 saturated carbocycles. The predicted molar refractivity (Wildman–Crippen MR) is 51.3 cm³/mol. The van der Waals surface area contributed by atoms with E-state index in [4.69, 9.17) is 0 Å². The normalized spacial score (nSPS) is 24.2. The molecule has 72 valence electrons. The summed E-state index contributed by atoms with van der Waals surface area (Å²) in [6.07, 6.45) is 0.190. The van der Waals surface area contributed by atoms with Crippen molar-refractivity contribution in [1.82, 2.24) is 10.2 Å². The van der Waals surface area contributed by atoms with Gasteiger partial charge in [0.2, 0.25) is 5.91 Å². The van der Waals surface area contributed by atoms with Crippen molar-refractivity contribution < 1.29 is 4.79 Å². The number of halogens is 1. The summed E-state index contributed by atoms with van der Waals surface area (Å²) in [5.74, 6) is 0.185. The average molecular weight is 193 g/mol. The molecule has 4 heteroatoms. The van der Waals surface area contributed by atoms with Gasteiger partial charge in [0.25, 0.3) is 0 Å². The molecule has 0 aromatic heterocycles. The molecule has 1 fully saturated rings. The minimum absolute atomic E-state index is 0. The molecule has 12 heavy (non-hydrogen) atoms. The molecule has 1 aliphatic rings. The summed E-state index contributed by atoms with van der Waals surface area (Å²) in [4.78, 5) is 12.9. The van der Waals surface area contributed by atoms with Gasteiger partial charge in [-0.3, -0.25) is 10.1 Å². The SMILES string of the molecule is CN1C(=O)CN[C@H]1C(C)(C)C.Cl. The molecule has 0 aromatic rings. The first-order valence-electron chi connectivity index (χ1n) is 3.92. The van der Waals surface area contributed by atoms with Crippen LogP contribution in [0.1, 0.15) is 20.8 Å². The zero-order valence-electron chi connectivity index (χ0n) is 8.05. The molecule has 1 rings (SSSR count). The van der Waals surface area contributed by atoms with E-state index < -0.39 is 0 Å². The maximum Gasteiger partial charge on any atom is 0.237 e. The Balaban J connectivity index is 0.00000121. The fraction of sp³-hybridized carbons (Fsp3) is 0.875. The van der Waals surface area contributed by atoms with E-state index in [-0.39, 0.29) is 29.9 Å². The molecule has 0 radical (unpaired) electrons. The second-order valence-corrected chi connectivity index (χ2v) is 4.15. The number of amides is 1. The van der Waals surface area contributed by atoms with E-state index in [0.717, 1.165) is 0 Å². The molecule has 1 aliphatic heterocycles. The maximum atomic E-state index is 11.1. The van der Waals surface area contributed by atoms with Crippen LogP contribution in [-0.2, 0) is 4.79 Å². The first-order chi connectivity index (χ1) is 4.93. The number of rotatable bonds is 0. The van der Waals surface area contributed by atoms with Gasteiger partial charge >= 0.3 is 0 Å². The van der Waals surface area contributed by atoms with Crippen molar-refractivity contribution in [3.8, 4) is 0 Å². The van der Waals surface area contributed by atoms with Gasteiger partial charge in [-0.25, -0.2) is 0 Å². The van der Waals surface area contributed by atoms with Crippen LogP contribution in [0.2, 0.25) is 0 Å². The fourth-order valence-corrected chi connectivity index (χ4v) is 1.48. The van der Waals surface area contributed by atoms with E-state index in [1.54, 1.807) is 4.90 Å². The third kappa shape index (κ3) is 2.11. The average Bonchev–Trinajstić information content (AvgIpc) is 2.11. The third-order valence-electron chi connectivity index (χ3n) is 2.05. The Morgan fingerprint density at radius 1 is 1.50 bits per heavy atom. The Morgan fingerprint density at radius 3 is 2.17 bits per heavy atom. The molecule has 0 unspecified atom stereocenters. The molecule has 1 saturated heterocycles. The summed E-state index contributed by atoms with van der Waals surface area (Å²) in [6, 6.07) is 0. The summed E-state index contributed by atoms with van der Waals surface area (Å²) in [5.41, 5.74) is 0.126. The van der Waals surface area contributed by atoms with Crippen LogP contribution < -0.4 is 5.32 Å². The van der Waals surface area contributed by atoms with Gasteiger partial charge in [0, 0.05) is 7.05 Å². The summed E-state index contributed by atoms with van der Waals surface area (Å²) in [6.45, 7) is 6.86. The van der Waals surface area contributed by atoms with E-state index >= 15 is 0 Å². The fourth-order valence-electron chi connectivity index (χ4n) is 1.48. The van der Waals surface area contributed by atoms with E-state index in [2.05, 4.69) is 26.1 Å². The smallest absolute Gasteiger partial charge is 0.237 e. The highest BCUT2D eigenvalue weighted by molar-refractivity contribution is 5.85. The van der Waals surface area contributed by atoms with Crippen molar-refractivity contribution in [2.24, 2.45) is 5.41 Å². The van der Waals surface area contributed by atoms with Crippen molar-refractivity contribution in [2.75, 3.05) is 13.6 Å². The van der Waals surface area contributed by atoms with Gasteiger partial charge < -0.3 is 4.90 Å². The van der Waals surface area contributed by atoms with Crippen molar-refractivity contribution in [3.63, 3.8) is 0 Å². The van der Waals surface area contributed by atoms with E-state index in [1.165, 1.54) is 0 Å². The lowest BCUT2D eigenvalue weighted by molar-refractivity contribution is -0.127. The number of carbonyl (C=O) groups is 1. The third-order valence-corrected chi connectivity index (χ3v) is 2.05. The number of hydrogen-bond acceptors (Lipinski definition) is 2. The number of nitrogens with one attached hydrogen (secondary N) is 1. The summed E-state index contributed by atoms with van der Waals surface area (Å²) < 4.78 is 0. The minimum Gasteiger partial charge on any atom is -0.329 e. The highest BCUT2D eigenvalue weighted by Gasteiger charge is 2.35. The van der Waals surface area contributed by atoms with Crippen LogP contribution in [0.5, 0.6) is 0 Å². The van der Waals surface area contributed by atoms with E-state index in [0.29, 0.717) is 6.54 Å². The van der Waals surface area contributed by atoms with Gasteiger partial charge in [0.05, 0.1) is 12.7 Å². The van der Waals surface area contributed by atoms with Gasteiger partial charge in [-0.15, -0.1) is 12.4 Å². The molecule has 1 N–H and O–H groups in total. The Labute approximate surface area is 79.9 Å². The summed E-state index contributed by atoms with van der Waals surface area (Å²) in [5, 5.41) is 3.17. The van der Waals surface area contributed by atoms with Crippen molar-refractivity contribution >= 4 is 18.3 Å². The van der Waals surface area contributed by atoms with Crippen LogP contribution >= 0.6 is 12.4 Å². The Morgan fingerprint density at radius 2 is 2.00 bits per heavy atom. The Kier molecular flexibility index (Phi) is 3.54. The molecule has 1 amide bonds. The first kappa shape index (κ1) is 11.7. The van der Waals surface area contributed by atoms with E-state index in [9.17, 15) is 4.79 Å². The summed E-state index contributed by atoms with van der Waals surface area (Å²) in [7, 11) is 1.85. The zero-order chi connectivity index (χ0) is 8.65. The lowest BCUT2D eigenvalue weighted by Gasteiger charge is -2.32. The largest absolute Gasteiger partial charge is 0.329 e. The van der Waals surface area contributed by atoms with Crippen LogP contribution in [0.15, 0.2) is 0 Å². The van der Waals surface area contributed by atoms with Crippen molar-refractivity contribution in [1.29, 1.82) is 0 Å². The molecule has 0 aromatic carbocycles. The van der Waals surface area contributed by atoms with Crippen LogP contribution in [0.4, 0.5) is 0 Å². The molecule has 3 nitrogen and oxygen atoms in total. The highest BCUT2D eigenvalue weighted by atomic mass is 35.5. The second kappa shape index (κ2) is 3.62. The quantitative estimate of drug-likeness (QED) is 0.617. The van der Waals surface area contributed by atoms with Crippen LogP contribution in [0.25, 0.3) is 0 Å². The van der Waals surface area contributed by atoms with Gasteiger partial charge in [-0.2, -0.15) is 0 Å². The lowest BCUT2D eigenvalue weighted by Crippen LogP contribution is -2.44. The van der Waals surface area contributed by atoms with Crippen molar-refractivity contribution in [3.05, 3.63) is 0 Å².